The predicted octanol–water partition coefficient (Wildman–Crippen LogP) is 4.34. The van der Waals surface area contributed by atoms with Crippen LogP contribution >= 0.6 is 0 Å². The van der Waals surface area contributed by atoms with Gasteiger partial charge in [0, 0.05) is 24.5 Å². The summed E-state index contributed by atoms with van der Waals surface area (Å²) in [7, 11) is 0. The summed E-state index contributed by atoms with van der Waals surface area (Å²) >= 11 is 0. The summed E-state index contributed by atoms with van der Waals surface area (Å²) in [5.41, 5.74) is 8.09. The van der Waals surface area contributed by atoms with Gasteiger partial charge in [-0.2, -0.15) is 0 Å². The second kappa shape index (κ2) is 9.18. The fraction of sp³-hybridized carbons (Fsp3) is 0.280. The first-order chi connectivity index (χ1) is 15.0. The van der Waals surface area contributed by atoms with Gasteiger partial charge in [0.2, 0.25) is 0 Å². The van der Waals surface area contributed by atoms with Crippen molar-refractivity contribution < 1.29 is 10.2 Å². The molecule has 0 spiro atoms. The Labute approximate surface area is 182 Å². The highest BCUT2D eigenvalue weighted by Crippen LogP contribution is 2.23. The van der Waals surface area contributed by atoms with E-state index < -0.39 is 0 Å². The van der Waals surface area contributed by atoms with E-state index in [2.05, 4.69) is 52.5 Å². The molecule has 4 aromatic rings. The molecule has 0 saturated heterocycles. The molecule has 2 aromatic carbocycles. The van der Waals surface area contributed by atoms with Crippen LogP contribution in [0.25, 0.3) is 11.0 Å². The maximum atomic E-state index is 10.2. The summed E-state index contributed by atoms with van der Waals surface area (Å²) in [6.45, 7) is 5.34. The Balaban J connectivity index is 1.55. The Morgan fingerprint density at radius 1 is 1.03 bits per heavy atom. The number of pyridine rings is 1. The quantitative estimate of drug-likeness (QED) is 0.398. The predicted molar refractivity (Wildman–Crippen MR) is 123 cm³/mol. The van der Waals surface area contributed by atoms with Crippen LogP contribution in [0.15, 0.2) is 54.9 Å². The topological polar surface area (TPSA) is 83.2 Å². The highest BCUT2D eigenvalue weighted by molar-refractivity contribution is 5.76. The lowest BCUT2D eigenvalue weighted by Gasteiger charge is -2.13. The van der Waals surface area contributed by atoms with Crippen LogP contribution in [-0.2, 0) is 19.5 Å². The third-order valence-corrected chi connectivity index (χ3v) is 5.45. The lowest BCUT2D eigenvalue weighted by molar-refractivity contribution is 0.288. The number of nitrogens with one attached hydrogen (secondary N) is 1. The van der Waals surface area contributed by atoms with Crippen LogP contribution in [0, 0.1) is 13.8 Å². The van der Waals surface area contributed by atoms with Gasteiger partial charge in [0.05, 0.1) is 23.9 Å². The van der Waals surface area contributed by atoms with Gasteiger partial charge < -0.3 is 20.1 Å². The van der Waals surface area contributed by atoms with Crippen LogP contribution in [0.2, 0.25) is 0 Å². The van der Waals surface area contributed by atoms with E-state index in [4.69, 9.17) is 0 Å². The summed E-state index contributed by atoms with van der Waals surface area (Å²) in [4.78, 5) is 8.96. The number of hydrogen-bond donors (Lipinski definition) is 3. The Hall–Kier alpha value is -3.38. The van der Waals surface area contributed by atoms with E-state index in [0.29, 0.717) is 18.8 Å². The zero-order chi connectivity index (χ0) is 21.8. The van der Waals surface area contributed by atoms with E-state index in [1.807, 2.05) is 17.6 Å². The van der Waals surface area contributed by atoms with Gasteiger partial charge >= 0.3 is 0 Å². The number of aliphatic hydroxyl groups is 1. The van der Waals surface area contributed by atoms with E-state index in [9.17, 15) is 10.2 Å². The van der Waals surface area contributed by atoms with Crippen molar-refractivity contribution in [1.29, 1.82) is 0 Å². The molecular formula is C25H28N4O2. The molecule has 0 unspecified atom stereocenters. The molecule has 0 radical (unpaired) electrons. The van der Waals surface area contributed by atoms with Crippen LogP contribution in [0.3, 0.4) is 0 Å². The third kappa shape index (κ3) is 4.86. The number of benzene rings is 2. The number of nitrogens with zero attached hydrogens (tertiary/aromatic N) is 3. The fourth-order valence-electron chi connectivity index (χ4n) is 3.76. The standard InChI is InChI=1S/C25H28N4O2/c1-17-5-8-20(4-3-11-30)22(12-17)26-14-19-7-9-21-24(13-19)29(16-27-21)15-23-25(31)10-6-18(2)28-23/h5-10,12-13,16,26,30-31H,3-4,11,14-15H2,1-2H3. The molecule has 31 heavy (non-hydrogen) atoms. The third-order valence-electron chi connectivity index (χ3n) is 5.45. The van der Waals surface area contributed by atoms with Crippen molar-refractivity contribution in [1.82, 2.24) is 14.5 Å². The van der Waals surface area contributed by atoms with E-state index in [0.717, 1.165) is 40.8 Å². The highest BCUT2D eigenvalue weighted by atomic mass is 16.3. The molecule has 3 N–H and O–H groups in total. The SMILES string of the molecule is Cc1ccc(CCCO)c(NCc2ccc3ncn(Cc4nc(C)ccc4O)c3c2)c1. The van der Waals surface area contributed by atoms with Crippen molar-refractivity contribution in [2.75, 3.05) is 11.9 Å². The zero-order valence-corrected chi connectivity index (χ0v) is 18.0. The number of anilines is 1. The smallest absolute Gasteiger partial charge is 0.138 e. The molecule has 0 aliphatic carbocycles. The minimum absolute atomic E-state index is 0.194. The molecule has 2 aromatic heterocycles. The average molecular weight is 417 g/mol. The molecule has 0 atom stereocenters. The molecule has 2 heterocycles. The Kier molecular flexibility index (Phi) is 6.18. The van der Waals surface area contributed by atoms with Crippen molar-refractivity contribution in [3.63, 3.8) is 0 Å². The molecule has 6 heteroatoms. The highest BCUT2D eigenvalue weighted by Gasteiger charge is 2.09. The molecule has 0 amide bonds. The largest absolute Gasteiger partial charge is 0.506 e. The fourth-order valence-corrected chi connectivity index (χ4v) is 3.76. The molecule has 0 aliphatic heterocycles. The van der Waals surface area contributed by atoms with E-state index in [-0.39, 0.29) is 12.4 Å². The maximum absolute atomic E-state index is 10.2. The summed E-state index contributed by atoms with van der Waals surface area (Å²) < 4.78 is 2.01. The summed E-state index contributed by atoms with van der Waals surface area (Å²) in [6.07, 6.45) is 3.39. The summed E-state index contributed by atoms with van der Waals surface area (Å²) in [6, 6.07) is 16.1. The second-order valence-electron chi connectivity index (χ2n) is 7.96. The van der Waals surface area contributed by atoms with Crippen LogP contribution in [0.1, 0.15) is 34.5 Å². The molecule has 0 fully saturated rings. The van der Waals surface area contributed by atoms with E-state index in [1.54, 1.807) is 18.5 Å². The van der Waals surface area contributed by atoms with Crippen molar-refractivity contribution in [3.8, 4) is 5.75 Å². The Morgan fingerprint density at radius 3 is 2.74 bits per heavy atom. The van der Waals surface area contributed by atoms with Gasteiger partial charge in [-0.25, -0.2) is 4.98 Å². The lowest BCUT2D eigenvalue weighted by atomic mass is 10.0. The van der Waals surface area contributed by atoms with Gasteiger partial charge in [0.25, 0.3) is 0 Å². The summed E-state index contributed by atoms with van der Waals surface area (Å²) in [5.74, 6) is 0.195. The number of imidazole rings is 1. The zero-order valence-electron chi connectivity index (χ0n) is 18.0. The first-order valence-electron chi connectivity index (χ1n) is 10.6. The van der Waals surface area contributed by atoms with Crippen LogP contribution in [0.4, 0.5) is 5.69 Å². The van der Waals surface area contributed by atoms with Gasteiger partial charge in [-0.3, -0.25) is 4.98 Å². The number of aromatic hydroxyl groups is 1. The molecule has 0 bridgehead atoms. The van der Waals surface area contributed by atoms with Crippen LogP contribution in [0.5, 0.6) is 5.75 Å². The van der Waals surface area contributed by atoms with E-state index >= 15 is 0 Å². The van der Waals surface area contributed by atoms with Gasteiger partial charge in [-0.05, 0) is 73.7 Å². The minimum atomic E-state index is 0.194. The molecular weight excluding hydrogens is 388 g/mol. The number of rotatable bonds is 8. The first-order valence-corrected chi connectivity index (χ1v) is 10.6. The Bertz CT molecular complexity index is 1200. The van der Waals surface area contributed by atoms with Crippen molar-refractivity contribution in [2.24, 2.45) is 0 Å². The van der Waals surface area contributed by atoms with Gasteiger partial charge in [-0.1, -0.05) is 18.2 Å². The second-order valence-corrected chi connectivity index (χ2v) is 7.96. The number of aliphatic hydroxyl groups excluding tert-OH is 1. The molecule has 4 rings (SSSR count). The van der Waals surface area contributed by atoms with Crippen LogP contribution in [-0.4, -0.2) is 31.4 Å². The normalized spacial score (nSPS) is 11.2. The molecule has 6 nitrogen and oxygen atoms in total. The van der Waals surface area contributed by atoms with Crippen molar-refractivity contribution in [3.05, 3.63) is 82.9 Å². The number of fused-ring (bicyclic) bond motifs is 1. The minimum Gasteiger partial charge on any atom is -0.506 e. The number of aryl methyl sites for hydroxylation is 3. The first kappa shape index (κ1) is 20.9. The molecule has 160 valence electrons. The lowest BCUT2D eigenvalue weighted by Crippen LogP contribution is -2.05. The molecule has 0 aliphatic rings. The average Bonchev–Trinajstić information content (AvgIpc) is 3.16. The van der Waals surface area contributed by atoms with E-state index in [1.165, 1.54) is 11.1 Å². The number of aromatic nitrogens is 3. The Morgan fingerprint density at radius 2 is 1.90 bits per heavy atom. The van der Waals surface area contributed by atoms with Gasteiger partial charge in [-0.15, -0.1) is 0 Å². The molecule has 0 saturated carbocycles. The summed E-state index contributed by atoms with van der Waals surface area (Å²) in [5, 5.41) is 22.9. The monoisotopic (exact) mass is 416 g/mol. The van der Waals surface area contributed by atoms with Crippen molar-refractivity contribution in [2.45, 2.75) is 39.8 Å². The van der Waals surface area contributed by atoms with Gasteiger partial charge in [0.15, 0.2) is 0 Å². The number of hydrogen-bond acceptors (Lipinski definition) is 5. The maximum Gasteiger partial charge on any atom is 0.138 e. The van der Waals surface area contributed by atoms with Gasteiger partial charge in [0.1, 0.15) is 11.4 Å². The van der Waals surface area contributed by atoms with Crippen LogP contribution < -0.4 is 5.32 Å². The van der Waals surface area contributed by atoms with Crippen molar-refractivity contribution >= 4 is 16.7 Å².